The topological polar surface area (TPSA) is 67.2 Å². The van der Waals surface area contributed by atoms with Crippen LogP contribution in [-0.4, -0.2) is 17.1 Å². The van der Waals surface area contributed by atoms with E-state index in [9.17, 15) is 4.79 Å². The van der Waals surface area contributed by atoms with Gasteiger partial charge < -0.3 is 15.1 Å². The Bertz CT molecular complexity index is 986. The van der Waals surface area contributed by atoms with Crippen molar-refractivity contribution in [2.45, 2.75) is 52.0 Å². The highest BCUT2D eigenvalue weighted by Crippen LogP contribution is 2.28. The quantitative estimate of drug-likeness (QED) is 0.568. The standard InChI is InChI=1S/C24H27N3O2/c1-16-8-9-17(2)21(14-16)22-15-29-23(27-22)18-10-12-20(13-11-18)26-24(28)25-19-6-4-3-5-7-19/h8-15,19H,3-7H2,1-2H3,(H2,25,26,28). The molecule has 0 atom stereocenters. The molecule has 1 aromatic heterocycles. The molecular weight excluding hydrogens is 362 g/mol. The summed E-state index contributed by atoms with van der Waals surface area (Å²) in [5, 5.41) is 5.98. The molecular formula is C24H27N3O2. The van der Waals surface area contributed by atoms with E-state index in [0.29, 0.717) is 11.9 Å². The molecule has 1 aliphatic rings. The van der Waals surface area contributed by atoms with Gasteiger partial charge in [-0.2, -0.15) is 0 Å². The van der Waals surface area contributed by atoms with Crippen molar-refractivity contribution < 1.29 is 9.21 Å². The smallest absolute Gasteiger partial charge is 0.319 e. The first-order valence-electron chi connectivity index (χ1n) is 10.3. The summed E-state index contributed by atoms with van der Waals surface area (Å²) in [5.41, 5.74) is 5.90. The summed E-state index contributed by atoms with van der Waals surface area (Å²) in [6, 6.07) is 14.0. The van der Waals surface area contributed by atoms with E-state index in [1.807, 2.05) is 24.3 Å². The lowest BCUT2D eigenvalue weighted by Crippen LogP contribution is -2.38. The minimum absolute atomic E-state index is 0.141. The van der Waals surface area contributed by atoms with Gasteiger partial charge in [-0.25, -0.2) is 9.78 Å². The Labute approximate surface area is 171 Å². The van der Waals surface area contributed by atoms with Gasteiger partial charge in [0.15, 0.2) is 0 Å². The third-order valence-electron chi connectivity index (χ3n) is 5.50. The van der Waals surface area contributed by atoms with Crippen LogP contribution in [0.3, 0.4) is 0 Å². The molecule has 5 heteroatoms. The Morgan fingerprint density at radius 1 is 1.03 bits per heavy atom. The predicted octanol–water partition coefficient (Wildman–Crippen LogP) is 6.08. The van der Waals surface area contributed by atoms with Crippen molar-refractivity contribution in [2.75, 3.05) is 5.32 Å². The molecule has 1 aliphatic carbocycles. The molecule has 2 N–H and O–H groups in total. The van der Waals surface area contributed by atoms with E-state index < -0.39 is 0 Å². The Balaban J connectivity index is 1.42. The summed E-state index contributed by atoms with van der Waals surface area (Å²) < 4.78 is 5.71. The molecule has 0 bridgehead atoms. The molecule has 3 aromatic rings. The van der Waals surface area contributed by atoms with Crippen molar-refractivity contribution in [3.8, 4) is 22.7 Å². The fraction of sp³-hybridized carbons (Fsp3) is 0.333. The number of hydrogen-bond donors (Lipinski definition) is 2. The Kier molecular flexibility index (Phi) is 5.65. The molecule has 0 unspecified atom stereocenters. The molecule has 0 saturated heterocycles. The molecule has 29 heavy (non-hydrogen) atoms. The third-order valence-corrected chi connectivity index (χ3v) is 5.50. The highest BCUT2D eigenvalue weighted by atomic mass is 16.3. The highest BCUT2D eigenvalue weighted by molar-refractivity contribution is 5.89. The van der Waals surface area contributed by atoms with E-state index >= 15 is 0 Å². The van der Waals surface area contributed by atoms with Gasteiger partial charge in [0.1, 0.15) is 12.0 Å². The lowest BCUT2D eigenvalue weighted by atomic mass is 9.96. The Morgan fingerprint density at radius 2 is 1.79 bits per heavy atom. The molecule has 0 radical (unpaired) electrons. The molecule has 150 valence electrons. The molecule has 1 heterocycles. The van der Waals surface area contributed by atoms with Crippen molar-refractivity contribution in [2.24, 2.45) is 0 Å². The second kappa shape index (κ2) is 8.52. The van der Waals surface area contributed by atoms with Gasteiger partial charge in [0, 0.05) is 22.9 Å². The van der Waals surface area contributed by atoms with Gasteiger partial charge in [0.05, 0.1) is 0 Å². The van der Waals surface area contributed by atoms with Crippen LogP contribution >= 0.6 is 0 Å². The van der Waals surface area contributed by atoms with Gasteiger partial charge in [0.2, 0.25) is 5.89 Å². The highest BCUT2D eigenvalue weighted by Gasteiger charge is 2.16. The molecule has 2 aromatic carbocycles. The predicted molar refractivity (Wildman–Crippen MR) is 116 cm³/mol. The Hall–Kier alpha value is -3.08. The maximum atomic E-state index is 12.2. The number of nitrogens with one attached hydrogen (secondary N) is 2. The van der Waals surface area contributed by atoms with Crippen molar-refractivity contribution in [3.63, 3.8) is 0 Å². The largest absolute Gasteiger partial charge is 0.444 e. The maximum Gasteiger partial charge on any atom is 0.319 e. The zero-order chi connectivity index (χ0) is 20.2. The van der Waals surface area contributed by atoms with Crippen LogP contribution in [0.4, 0.5) is 10.5 Å². The number of rotatable bonds is 4. The summed E-state index contributed by atoms with van der Waals surface area (Å²) in [6.45, 7) is 4.14. The van der Waals surface area contributed by atoms with E-state index in [1.165, 1.54) is 30.4 Å². The molecule has 1 fully saturated rings. The number of carbonyl (C=O) groups is 1. The van der Waals surface area contributed by atoms with Crippen molar-refractivity contribution >= 4 is 11.7 Å². The second-order valence-electron chi connectivity index (χ2n) is 7.87. The number of amides is 2. The fourth-order valence-electron chi connectivity index (χ4n) is 3.84. The normalized spacial score (nSPS) is 14.6. The van der Waals surface area contributed by atoms with E-state index in [1.54, 1.807) is 6.26 Å². The average Bonchev–Trinajstić information content (AvgIpc) is 3.21. The van der Waals surface area contributed by atoms with E-state index in [0.717, 1.165) is 35.3 Å². The van der Waals surface area contributed by atoms with Crippen LogP contribution in [0, 0.1) is 13.8 Å². The van der Waals surface area contributed by atoms with E-state index in [-0.39, 0.29) is 6.03 Å². The first kappa shape index (κ1) is 19.2. The van der Waals surface area contributed by atoms with Gasteiger partial charge >= 0.3 is 6.03 Å². The SMILES string of the molecule is Cc1ccc(C)c(-c2coc(-c3ccc(NC(=O)NC4CCCCC4)cc3)n2)c1. The van der Waals surface area contributed by atoms with Crippen LogP contribution < -0.4 is 10.6 Å². The average molecular weight is 389 g/mol. The number of aromatic nitrogens is 1. The first-order chi connectivity index (χ1) is 14.1. The minimum Gasteiger partial charge on any atom is -0.444 e. The number of benzene rings is 2. The van der Waals surface area contributed by atoms with E-state index in [4.69, 9.17) is 4.42 Å². The monoisotopic (exact) mass is 389 g/mol. The molecule has 1 saturated carbocycles. The van der Waals surface area contributed by atoms with Crippen molar-refractivity contribution in [3.05, 3.63) is 59.9 Å². The van der Waals surface area contributed by atoms with Gasteiger partial charge in [-0.15, -0.1) is 0 Å². The summed E-state index contributed by atoms with van der Waals surface area (Å²) in [6.07, 6.45) is 7.49. The molecule has 0 spiro atoms. The molecule has 4 rings (SSSR count). The fourth-order valence-corrected chi connectivity index (χ4v) is 3.84. The van der Waals surface area contributed by atoms with Crippen LogP contribution in [0.5, 0.6) is 0 Å². The number of urea groups is 1. The Morgan fingerprint density at radius 3 is 2.55 bits per heavy atom. The third kappa shape index (κ3) is 4.67. The molecule has 0 aliphatic heterocycles. The summed E-state index contributed by atoms with van der Waals surface area (Å²) >= 11 is 0. The zero-order valence-corrected chi connectivity index (χ0v) is 17.0. The second-order valence-corrected chi connectivity index (χ2v) is 7.87. The maximum absolute atomic E-state index is 12.2. The number of hydrogen-bond acceptors (Lipinski definition) is 3. The van der Waals surface area contributed by atoms with Crippen LogP contribution in [-0.2, 0) is 0 Å². The molecule has 5 nitrogen and oxygen atoms in total. The van der Waals surface area contributed by atoms with E-state index in [2.05, 4.69) is 47.7 Å². The number of oxazole rings is 1. The zero-order valence-electron chi connectivity index (χ0n) is 17.0. The van der Waals surface area contributed by atoms with Crippen LogP contribution in [0.1, 0.15) is 43.2 Å². The van der Waals surface area contributed by atoms with Gasteiger partial charge in [-0.05, 0) is 62.6 Å². The first-order valence-corrected chi connectivity index (χ1v) is 10.3. The number of aryl methyl sites for hydroxylation is 2. The number of anilines is 1. The van der Waals surface area contributed by atoms with Crippen LogP contribution in [0.2, 0.25) is 0 Å². The lowest BCUT2D eigenvalue weighted by Gasteiger charge is -2.22. The summed E-state index contributed by atoms with van der Waals surface area (Å²) in [4.78, 5) is 16.9. The minimum atomic E-state index is -0.141. The van der Waals surface area contributed by atoms with Crippen molar-refractivity contribution in [1.29, 1.82) is 0 Å². The van der Waals surface area contributed by atoms with Crippen LogP contribution in [0.15, 0.2) is 53.1 Å². The summed E-state index contributed by atoms with van der Waals surface area (Å²) in [5.74, 6) is 0.569. The van der Waals surface area contributed by atoms with Crippen molar-refractivity contribution in [1.82, 2.24) is 10.3 Å². The van der Waals surface area contributed by atoms with Gasteiger partial charge in [-0.1, -0.05) is 37.0 Å². The van der Waals surface area contributed by atoms with Gasteiger partial charge in [0.25, 0.3) is 0 Å². The number of carbonyl (C=O) groups excluding carboxylic acids is 1. The van der Waals surface area contributed by atoms with Gasteiger partial charge in [-0.3, -0.25) is 0 Å². The number of nitrogens with zero attached hydrogens (tertiary/aromatic N) is 1. The lowest BCUT2D eigenvalue weighted by molar-refractivity contribution is 0.244. The van der Waals surface area contributed by atoms with Crippen LogP contribution in [0.25, 0.3) is 22.7 Å². The summed E-state index contributed by atoms with van der Waals surface area (Å²) in [7, 11) is 0. The molecule has 2 amide bonds.